The molecule has 0 saturated heterocycles. The van der Waals surface area contributed by atoms with Crippen LogP contribution in [0.5, 0.6) is 0 Å². The zero-order chi connectivity index (χ0) is 18.1. The van der Waals surface area contributed by atoms with Crippen molar-refractivity contribution in [2.75, 3.05) is 19.8 Å². The van der Waals surface area contributed by atoms with Crippen molar-refractivity contribution in [2.24, 2.45) is 0 Å². The Bertz CT molecular complexity index is 619. The summed E-state index contributed by atoms with van der Waals surface area (Å²) in [7, 11) is 0. The molecule has 0 aromatic heterocycles. The molecule has 7 heteroatoms. The van der Waals surface area contributed by atoms with Crippen molar-refractivity contribution in [1.29, 1.82) is 0 Å². The molecule has 0 bridgehead atoms. The maximum absolute atomic E-state index is 12.0. The van der Waals surface area contributed by atoms with E-state index in [2.05, 4.69) is 6.58 Å². The first-order valence-corrected chi connectivity index (χ1v) is 7.27. The summed E-state index contributed by atoms with van der Waals surface area (Å²) >= 11 is 0. The SMILES string of the molecule is C=C(C)C(=O)OCCOC(=O)c1ccccc1C(=O)OC[C@H](C)O. The van der Waals surface area contributed by atoms with Crippen LogP contribution in [0.4, 0.5) is 0 Å². The summed E-state index contributed by atoms with van der Waals surface area (Å²) in [6, 6.07) is 5.98. The van der Waals surface area contributed by atoms with Crippen LogP contribution in [0.1, 0.15) is 34.6 Å². The smallest absolute Gasteiger partial charge is 0.339 e. The van der Waals surface area contributed by atoms with Crippen LogP contribution in [0, 0.1) is 0 Å². The molecular weight excluding hydrogens is 316 g/mol. The predicted octanol–water partition coefficient (Wildman–Crippen LogP) is 1.50. The van der Waals surface area contributed by atoms with Gasteiger partial charge in [-0.15, -0.1) is 0 Å². The van der Waals surface area contributed by atoms with Crippen LogP contribution in [-0.2, 0) is 19.0 Å². The summed E-state index contributed by atoms with van der Waals surface area (Å²) in [4.78, 5) is 35.2. The highest BCUT2D eigenvalue weighted by Crippen LogP contribution is 2.12. The van der Waals surface area contributed by atoms with Gasteiger partial charge in [0.2, 0.25) is 0 Å². The van der Waals surface area contributed by atoms with E-state index in [1.165, 1.54) is 26.0 Å². The minimum atomic E-state index is -0.809. The lowest BCUT2D eigenvalue weighted by Gasteiger charge is -2.11. The lowest BCUT2D eigenvalue weighted by molar-refractivity contribution is -0.140. The highest BCUT2D eigenvalue weighted by atomic mass is 16.6. The van der Waals surface area contributed by atoms with Crippen molar-refractivity contribution in [2.45, 2.75) is 20.0 Å². The van der Waals surface area contributed by atoms with Gasteiger partial charge in [-0.1, -0.05) is 18.7 Å². The molecule has 1 atom stereocenters. The van der Waals surface area contributed by atoms with Gasteiger partial charge in [-0.05, 0) is 26.0 Å². The fourth-order valence-electron chi connectivity index (χ4n) is 1.58. The van der Waals surface area contributed by atoms with Gasteiger partial charge in [0.05, 0.1) is 17.2 Å². The van der Waals surface area contributed by atoms with Gasteiger partial charge in [-0.3, -0.25) is 0 Å². The highest BCUT2D eigenvalue weighted by molar-refractivity contribution is 6.03. The standard InChI is InChI=1S/C17H20O7/c1-11(2)15(19)22-8-9-23-16(20)13-6-4-5-7-14(13)17(21)24-10-12(3)18/h4-7,12,18H,1,8-10H2,2-3H3/t12-/m0/s1. The molecular formula is C17H20O7. The fraction of sp³-hybridized carbons (Fsp3) is 0.353. The Labute approximate surface area is 139 Å². The Kier molecular flexibility index (Phi) is 7.64. The predicted molar refractivity (Wildman–Crippen MR) is 84.5 cm³/mol. The monoisotopic (exact) mass is 336 g/mol. The maximum atomic E-state index is 12.0. The van der Waals surface area contributed by atoms with Gasteiger partial charge in [0.25, 0.3) is 0 Å². The van der Waals surface area contributed by atoms with E-state index in [1.807, 2.05) is 0 Å². The Morgan fingerprint density at radius 2 is 1.54 bits per heavy atom. The number of hydrogen-bond donors (Lipinski definition) is 1. The van der Waals surface area contributed by atoms with E-state index in [0.717, 1.165) is 0 Å². The Morgan fingerprint density at radius 3 is 2.04 bits per heavy atom. The molecule has 0 aliphatic rings. The lowest BCUT2D eigenvalue weighted by atomic mass is 10.1. The van der Waals surface area contributed by atoms with E-state index in [4.69, 9.17) is 19.3 Å². The van der Waals surface area contributed by atoms with E-state index in [1.54, 1.807) is 12.1 Å². The summed E-state index contributed by atoms with van der Waals surface area (Å²) in [6.45, 7) is 5.94. The zero-order valence-electron chi connectivity index (χ0n) is 13.6. The van der Waals surface area contributed by atoms with E-state index in [0.29, 0.717) is 0 Å². The zero-order valence-corrected chi connectivity index (χ0v) is 13.6. The molecule has 24 heavy (non-hydrogen) atoms. The first-order valence-electron chi connectivity index (χ1n) is 7.27. The van der Waals surface area contributed by atoms with Crippen molar-refractivity contribution in [3.05, 3.63) is 47.5 Å². The van der Waals surface area contributed by atoms with Crippen molar-refractivity contribution in [3.8, 4) is 0 Å². The average Bonchev–Trinajstić information content (AvgIpc) is 2.55. The van der Waals surface area contributed by atoms with Crippen LogP contribution in [0.2, 0.25) is 0 Å². The Morgan fingerprint density at radius 1 is 1.04 bits per heavy atom. The summed E-state index contributed by atoms with van der Waals surface area (Å²) in [5, 5.41) is 9.14. The van der Waals surface area contributed by atoms with Gasteiger partial charge in [-0.2, -0.15) is 0 Å². The second-order valence-corrected chi connectivity index (χ2v) is 5.05. The number of hydrogen-bond acceptors (Lipinski definition) is 7. The summed E-state index contributed by atoms with van der Waals surface area (Å²) in [6.07, 6.45) is -0.809. The number of esters is 3. The Hall–Kier alpha value is -2.67. The molecule has 0 fully saturated rings. The number of rotatable bonds is 8. The molecule has 0 saturated carbocycles. The molecule has 1 rings (SSSR count). The molecule has 0 heterocycles. The van der Waals surface area contributed by atoms with E-state index < -0.39 is 24.0 Å². The number of ether oxygens (including phenoxy) is 3. The van der Waals surface area contributed by atoms with Gasteiger partial charge >= 0.3 is 17.9 Å². The lowest BCUT2D eigenvalue weighted by Crippen LogP contribution is -2.19. The van der Waals surface area contributed by atoms with Crippen LogP contribution in [0.15, 0.2) is 36.4 Å². The quantitative estimate of drug-likeness (QED) is 0.332. The van der Waals surface area contributed by atoms with Crippen molar-refractivity contribution >= 4 is 17.9 Å². The summed E-state index contributed by atoms with van der Waals surface area (Å²) in [5.41, 5.74) is 0.300. The van der Waals surface area contributed by atoms with Crippen molar-refractivity contribution < 1.29 is 33.7 Å². The molecule has 0 amide bonds. The van der Waals surface area contributed by atoms with Gasteiger partial charge in [0.1, 0.15) is 19.8 Å². The number of carbonyl (C=O) groups is 3. The molecule has 1 aromatic rings. The highest BCUT2D eigenvalue weighted by Gasteiger charge is 2.19. The molecule has 130 valence electrons. The number of aliphatic hydroxyl groups is 1. The maximum Gasteiger partial charge on any atom is 0.339 e. The van der Waals surface area contributed by atoms with Crippen LogP contribution < -0.4 is 0 Å². The Balaban J connectivity index is 2.62. The number of aliphatic hydroxyl groups excluding tert-OH is 1. The van der Waals surface area contributed by atoms with Crippen LogP contribution in [-0.4, -0.2) is 48.9 Å². The third kappa shape index (κ3) is 6.21. The van der Waals surface area contributed by atoms with Crippen molar-refractivity contribution in [3.63, 3.8) is 0 Å². The van der Waals surface area contributed by atoms with Gasteiger partial charge < -0.3 is 19.3 Å². The van der Waals surface area contributed by atoms with Gasteiger partial charge in [0.15, 0.2) is 0 Å². The first kappa shape index (κ1) is 19.4. The minimum absolute atomic E-state index is 0.0271. The third-order valence-electron chi connectivity index (χ3n) is 2.72. The molecule has 0 spiro atoms. The summed E-state index contributed by atoms with van der Waals surface area (Å²) in [5.74, 6) is -2.06. The molecule has 0 unspecified atom stereocenters. The van der Waals surface area contributed by atoms with Gasteiger partial charge in [-0.25, -0.2) is 14.4 Å². The molecule has 0 aliphatic carbocycles. The van der Waals surface area contributed by atoms with Crippen LogP contribution >= 0.6 is 0 Å². The van der Waals surface area contributed by atoms with E-state index >= 15 is 0 Å². The second kappa shape index (κ2) is 9.46. The van der Waals surface area contributed by atoms with Gasteiger partial charge in [0, 0.05) is 5.57 Å². The molecule has 1 aromatic carbocycles. The summed E-state index contributed by atoms with van der Waals surface area (Å²) < 4.78 is 14.7. The van der Waals surface area contributed by atoms with E-state index in [-0.39, 0.29) is 36.5 Å². The molecule has 7 nitrogen and oxygen atoms in total. The largest absolute Gasteiger partial charge is 0.459 e. The average molecular weight is 336 g/mol. The van der Waals surface area contributed by atoms with E-state index in [9.17, 15) is 14.4 Å². The van der Waals surface area contributed by atoms with Crippen LogP contribution in [0.3, 0.4) is 0 Å². The minimum Gasteiger partial charge on any atom is -0.459 e. The fourth-order valence-corrected chi connectivity index (χ4v) is 1.58. The first-order chi connectivity index (χ1) is 11.3. The number of carbonyl (C=O) groups excluding carboxylic acids is 3. The van der Waals surface area contributed by atoms with Crippen LogP contribution in [0.25, 0.3) is 0 Å². The normalized spacial score (nSPS) is 11.3. The topological polar surface area (TPSA) is 99.1 Å². The molecule has 0 radical (unpaired) electrons. The number of benzene rings is 1. The molecule has 0 aliphatic heterocycles. The van der Waals surface area contributed by atoms with Crippen molar-refractivity contribution in [1.82, 2.24) is 0 Å². The third-order valence-corrected chi connectivity index (χ3v) is 2.72. The molecule has 1 N–H and O–H groups in total. The second-order valence-electron chi connectivity index (χ2n) is 5.05.